The van der Waals surface area contributed by atoms with E-state index in [-0.39, 0.29) is 12.7 Å². The minimum atomic E-state index is -0.123. The van der Waals surface area contributed by atoms with Crippen molar-refractivity contribution in [1.82, 2.24) is 15.5 Å². The number of carbonyl (C=O) groups excluding carboxylic acids is 1. The van der Waals surface area contributed by atoms with Crippen LogP contribution in [0.1, 0.15) is 15.9 Å². The van der Waals surface area contributed by atoms with Gasteiger partial charge >= 0.3 is 0 Å². The first-order chi connectivity index (χ1) is 9.33. The van der Waals surface area contributed by atoms with Gasteiger partial charge in [-0.15, -0.1) is 0 Å². The molecule has 1 amide bonds. The predicted molar refractivity (Wildman–Crippen MR) is 67.2 cm³/mol. The third kappa shape index (κ3) is 2.52. The Hall–Kier alpha value is -2.50. The highest BCUT2D eigenvalue weighted by Gasteiger charge is 2.15. The van der Waals surface area contributed by atoms with Crippen LogP contribution in [0.2, 0.25) is 0 Å². The summed E-state index contributed by atoms with van der Waals surface area (Å²) in [6.07, 6.45) is 4.30. The van der Waals surface area contributed by atoms with Crippen molar-refractivity contribution in [2.75, 3.05) is 13.3 Å². The normalized spacial score (nSPS) is 12.4. The van der Waals surface area contributed by atoms with Crippen LogP contribution in [0.5, 0.6) is 11.5 Å². The van der Waals surface area contributed by atoms with E-state index in [2.05, 4.69) is 15.5 Å². The number of ether oxygens (including phenoxy) is 2. The van der Waals surface area contributed by atoms with Crippen LogP contribution >= 0.6 is 0 Å². The van der Waals surface area contributed by atoms with Crippen LogP contribution in [-0.4, -0.2) is 29.4 Å². The maximum absolute atomic E-state index is 11.9. The molecule has 1 aliphatic heterocycles. The Kier molecular flexibility index (Phi) is 3.06. The minimum Gasteiger partial charge on any atom is -0.454 e. The summed E-state index contributed by atoms with van der Waals surface area (Å²) in [5.74, 6) is 1.17. The number of H-pyrrole nitrogens is 1. The number of aromatic nitrogens is 2. The second kappa shape index (κ2) is 5.01. The molecule has 0 radical (unpaired) electrons. The van der Waals surface area contributed by atoms with Gasteiger partial charge in [0.05, 0.1) is 6.20 Å². The van der Waals surface area contributed by atoms with E-state index in [9.17, 15) is 4.79 Å². The molecule has 1 aromatic carbocycles. The lowest BCUT2D eigenvalue weighted by Crippen LogP contribution is -2.25. The molecule has 19 heavy (non-hydrogen) atoms. The Morgan fingerprint density at radius 1 is 1.37 bits per heavy atom. The molecule has 2 heterocycles. The summed E-state index contributed by atoms with van der Waals surface area (Å²) in [5, 5.41) is 9.44. The fraction of sp³-hybridized carbons (Fsp3) is 0.231. The number of amides is 1. The summed E-state index contributed by atoms with van der Waals surface area (Å²) < 4.78 is 10.4. The largest absolute Gasteiger partial charge is 0.454 e. The fourth-order valence-electron chi connectivity index (χ4n) is 1.87. The predicted octanol–water partition coefficient (Wildman–Crippen LogP) is 1.11. The third-order valence-electron chi connectivity index (χ3n) is 2.89. The third-order valence-corrected chi connectivity index (χ3v) is 2.89. The summed E-state index contributed by atoms with van der Waals surface area (Å²) in [5.41, 5.74) is 1.63. The number of benzene rings is 1. The van der Waals surface area contributed by atoms with Crippen LogP contribution in [0.15, 0.2) is 30.6 Å². The smallest absolute Gasteiger partial charge is 0.251 e. The van der Waals surface area contributed by atoms with E-state index in [0.717, 1.165) is 12.0 Å². The summed E-state index contributed by atoms with van der Waals surface area (Å²) >= 11 is 0. The Bertz CT molecular complexity index is 581. The summed E-state index contributed by atoms with van der Waals surface area (Å²) in [6, 6.07) is 5.16. The van der Waals surface area contributed by atoms with Crippen molar-refractivity contribution in [1.29, 1.82) is 0 Å². The molecule has 0 saturated heterocycles. The summed E-state index contributed by atoms with van der Waals surface area (Å²) in [6.45, 7) is 0.772. The Labute approximate surface area is 109 Å². The van der Waals surface area contributed by atoms with E-state index in [4.69, 9.17) is 9.47 Å². The van der Waals surface area contributed by atoms with Gasteiger partial charge in [0.2, 0.25) is 6.79 Å². The maximum Gasteiger partial charge on any atom is 0.251 e. The molecule has 1 aromatic heterocycles. The van der Waals surface area contributed by atoms with E-state index in [1.165, 1.54) is 0 Å². The van der Waals surface area contributed by atoms with Gasteiger partial charge in [-0.05, 0) is 30.2 Å². The Balaban J connectivity index is 1.58. The van der Waals surface area contributed by atoms with Gasteiger partial charge in [-0.1, -0.05) is 0 Å². The van der Waals surface area contributed by atoms with E-state index in [0.29, 0.717) is 23.6 Å². The molecular formula is C13H13N3O3. The fourth-order valence-corrected chi connectivity index (χ4v) is 1.87. The zero-order valence-corrected chi connectivity index (χ0v) is 10.2. The number of aromatic amines is 1. The van der Waals surface area contributed by atoms with Crippen molar-refractivity contribution in [2.24, 2.45) is 0 Å². The summed E-state index contributed by atoms with van der Waals surface area (Å²) in [7, 11) is 0. The lowest BCUT2D eigenvalue weighted by molar-refractivity contribution is 0.0953. The molecule has 0 spiro atoms. The molecule has 0 fully saturated rings. The van der Waals surface area contributed by atoms with Crippen LogP contribution in [-0.2, 0) is 6.42 Å². The summed E-state index contributed by atoms with van der Waals surface area (Å²) in [4.78, 5) is 11.9. The van der Waals surface area contributed by atoms with Crippen LogP contribution < -0.4 is 14.8 Å². The molecule has 2 aromatic rings. The monoisotopic (exact) mass is 259 g/mol. The second-order valence-electron chi connectivity index (χ2n) is 4.18. The molecule has 0 bridgehead atoms. The molecule has 3 rings (SSSR count). The van der Waals surface area contributed by atoms with Gasteiger partial charge in [0.25, 0.3) is 5.91 Å². The van der Waals surface area contributed by atoms with E-state index < -0.39 is 0 Å². The average Bonchev–Trinajstić information content (AvgIpc) is 3.08. The molecule has 2 N–H and O–H groups in total. The SMILES string of the molecule is O=C(NCCc1cn[nH]c1)c1ccc2c(c1)OCO2. The van der Waals surface area contributed by atoms with Crippen LogP contribution in [0.25, 0.3) is 0 Å². The first-order valence-corrected chi connectivity index (χ1v) is 5.98. The van der Waals surface area contributed by atoms with Crippen molar-refractivity contribution in [3.8, 4) is 11.5 Å². The van der Waals surface area contributed by atoms with Crippen molar-refractivity contribution in [2.45, 2.75) is 6.42 Å². The second-order valence-corrected chi connectivity index (χ2v) is 4.18. The molecule has 6 nitrogen and oxygen atoms in total. The van der Waals surface area contributed by atoms with Gasteiger partial charge in [0.15, 0.2) is 11.5 Å². The highest BCUT2D eigenvalue weighted by Crippen LogP contribution is 2.32. The van der Waals surface area contributed by atoms with Crippen molar-refractivity contribution >= 4 is 5.91 Å². The number of fused-ring (bicyclic) bond motifs is 1. The minimum absolute atomic E-state index is 0.123. The highest BCUT2D eigenvalue weighted by atomic mass is 16.7. The molecule has 1 aliphatic rings. The molecule has 0 unspecified atom stereocenters. The van der Waals surface area contributed by atoms with E-state index in [1.807, 2.05) is 6.20 Å². The topological polar surface area (TPSA) is 76.2 Å². The van der Waals surface area contributed by atoms with Crippen molar-refractivity contribution < 1.29 is 14.3 Å². The molecule has 6 heteroatoms. The first kappa shape index (κ1) is 11.6. The van der Waals surface area contributed by atoms with Crippen LogP contribution in [0.4, 0.5) is 0 Å². The van der Waals surface area contributed by atoms with Gasteiger partial charge in [-0.3, -0.25) is 9.89 Å². The Morgan fingerprint density at radius 3 is 3.11 bits per heavy atom. The number of nitrogens with zero attached hydrogens (tertiary/aromatic N) is 1. The molecule has 0 saturated carbocycles. The van der Waals surface area contributed by atoms with Crippen LogP contribution in [0.3, 0.4) is 0 Å². The number of carbonyl (C=O) groups is 1. The first-order valence-electron chi connectivity index (χ1n) is 5.98. The van der Waals surface area contributed by atoms with E-state index >= 15 is 0 Å². The lowest BCUT2D eigenvalue weighted by Gasteiger charge is -2.05. The molecular weight excluding hydrogens is 246 g/mol. The number of rotatable bonds is 4. The molecule has 0 aliphatic carbocycles. The average molecular weight is 259 g/mol. The lowest BCUT2D eigenvalue weighted by atomic mass is 10.2. The number of nitrogens with one attached hydrogen (secondary N) is 2. The molecule has 98 valence electrons. The van der Waals surface area contributed by atoms with Gasteiger partial charge in [-0.25, -0.2) is 0 Å². The Morgan fingerprint density at radius 2 is 2.26 bits per heavy atom. The number of hydrogen-bond acceptors (Lipinski definition) is 4. The van der Waals surface area contributed by atoms with Gasteiger partial charge in [-0.2, -0.15) is 5.10 Å². The van der Waals surface area contributed by atoms with Crippen molar-refractivity contribution in [3.63, 3.8) is 0 Å². The van der Waals surface area contributed by atoms with Crippen LogP contribution in [0, 0.1) is 0 Å². The molecule has 0 atom stereocenters. The van der Waals surface area contributed by atoms with Gasteiger partial charge < -0.3 is 14.8 Å². The standard InChI is InChI=1S/C13H13N3O3/c17-13(14-4-3-9-6-15-16-7-9)10-1-2-11-12(5-10)19-8-18-11/h1-2,5-7H,3-4,8H2,(H,14,17)(H,15,16). The van der Waals surface area contributed by atoms with Gasteiger partial charge in [0, 0.05) is 18.3 Å². The zero-order chi connectivity index (χ0) is 13.1. The van der Waals surface area contributed by atoms with E-state index in [1.54, 1.807) is 24.4 Å². The quantitative estimate of drug-likeness (QED) is 0.862. The number of hydrogen-bond donors (Lipinski definition) is 2. The maximum atomic E-state index is 11.9. The zero-order valence-electron chi connectivity index (χ0n) is 10.2. The van der Waals surface area contributed by atoms with Gasteiger partial charge in [0.1, 0.15) is 0 Å². The van der Waals surface area contributed by atoms with Crippen molar-refractivity contribution in [3.05, 3.63) is 41.7 Å². The highest BCUT2D eigenvalue weighted by molar-refractivity contribution is 5.94.